The molecular weight excluding hydrogens is 609 g/mol. The molecule has 38 heavy (non-hydrogen) atoms. The quantitative estimate of drug-likeness (QED) is 0.133. The number of rotatable bonds is 15. The minimum absolute atomic E-state index is 0.243. The van der Waals surface area contributed by atoms with Gasteiger partial charge in [-0.3, -0.25) is 14.4 Å². The van der Waals surface area contributed by atoms with E-state index in [1.54, 1.807) is 10.8 Å². The summed E-state index contributed by atoms with van der Waals surface area (Å²) in [5, 5.41) is 26.8. The monoisotopic (exact) mass is 650 g/mol. The summed E-state index contributed by atoms with van der Waals surface area (Å²) < 4.78 is 22.2. The van der Waals surface area contributed by atoms with E-state index >= 15 is 0 Å². The second-order valence-corrected chi connectivity index (χ2v) is 19.1. The molecule has 5 unspecified atom stereocenters. The Bertz CT molecular complexity index is 747. The first-order chi connectivity index (χ1) is 18.2. The van der Waals surface area contributed by atoms with Gasteiger partial charge in [0, 0.05) is 52.3 Å². The van der Waals surface area contributed by atoms with Gasteiger partial charge in [0.15, 0.2) is 0 Å². The molecule has 3 N–H and O–H groups in total. The van der Waals surface area contributed by atoms with Crippen LogP contribution < -0.4 is 0 Å². The highest BCUT2D eigenvalue weighted by Crippen LogP contribution is 2.39. The summed E-state index contributed by atoms with van der Waals surface area (Å²) >= 11 is 0. The third-order valence-corrected chi connectivity index (χ3v) is 16.1. The minimum atomic E-state index is -0.734. The van der Waals surface area contributed by atoms with Gasteiger partial charge in [0.1, 0.15) is 0 Å². The van der Waals surface area contributed by atoms with Crippen molar-refractivity contribution in [2.75, 3.05) is 17.3 Å². The zero-order valence-electron chi connectivity index (χ0n) is 21.8. The van der Waals surface area contributed by atoms with E-state index in [4.69, 9.17) is 15.3 Å². The van der Waals surface area contributed by atoms with Crippen molar-refractivity contribution in [2.45, 2.75) is 112 Å². The molecule has 8 nitrogen and oxygen atoms in total. The molecule has 3 heterocycles. The van der Waals surface area contributed by atoms with Gasteiger partial charge in [-0.25, -0.2) is 8.42 Å². The molecule has 3 saturated heterocycles. The molecule has 222 valence electrons. The lowest BCUT2D eigenvalue weighted by Crippen LogP contribution is -2.06. The summed E-state index contributed by atoms with van der Waals surface area (Å²) in [5.74, 6) is 0.965. The molecule has 14 heteroatoms. The molecule has 0 radical (unpaired) electrons. The summed E-state index contributed by atoms with van der Waals surface area (Å²) in [5.41, 5.74) is 0. The van der Waals surface area contributed by atoms with E-state index in [1.807, 2.05) is 21.6 Å². The first kappa shape index (κ1) is 36.1. The number of aliphatic carboxylic acids is 3. The van der Waals surface area contributed by atoms with E-state index in [9.17, 15) is 22.8 Å². The van der Waals surface area contributed by atoms with Crippen molar-refractivity contribution in [3.05, 3.63) is 0 Å². The van der Waals surface area contributed by atoms with Crippen molar-refractivity contribution in [3.63, 3.8) is 0 Å². The van der Waals surface area contributed by atoms with Gasteiger partial charge in [0.25, 0.3) is 0 Å². The Kier molecular flexibility index (Phi) is 21.6. The molecule has 0 aromatic heterocycles. The minimum Gasteiger partial charge on any atom is -0.481 e. The molecule has 5 atom stereocenters. The maximum absolute atomic E-state index is 11.3. The number of carboxylic acid groups (broad SMARTS) is 3. The van der Waals surface area contributed by atoms with Crippen molar-refractivity contribution in [1.82, 2.24) is 0 Å². The molecule has 0 saturated carbocycles. The first-order valence-corrected chi connectivity index (χ1v) is 21.0. The Labute approximate surface area is 246 Å². The second-order valence-electron chi connectivity index (χ2n) is 9.26. The first-order valence-electron chi connectivity index (χ1n) is 13.2. The van der Waals surface area contributed by atoms with Crippen LogP contribution in [0.25, 0.3) is 0 Å². The zero-order valence-corrected chi connectivity index (χ0v) is 26.7. The van der Waals surface area contributed by atoms with Gasteiger partial charge in [-0.2, -0.15) is 0 Å². The van der Waals surface area contributed by atoms with Crippen molar-refractivity contribution < 1.29 is 38.1 Å². The van der Waals surface area contributed by atoms with Crippen molar-refractivity contribution in [1.29, 1.82) is 0 Å². The lowest BCUT2D eigenvalue weighted by molar-refractivity contribution is -0.138. The smallest absolute Gasteiger partial charge is 0.303 e. The van der Waals surface area contributed by atoms with E-state index in [-0.39, 0.29) is 12.8 Å². The third kappa shape index (κ3) is 20.1. The van der Waals surface area contributed by atoms with Crippen LogP contribution >= 0.6 is 43.2 Å². The Morgan fingerprint density at radius 2 is 1.24 bits per heavy atom. The van der Waals surface area contributed by atoms with Crippen LogP contribution in [0.1, 0.15) is 96.3 Å². The van der Waals surface area contributed by atoms with Gasteiger partial charge in [0.05, 0.1) is 19.7 Å². The van der Waals surface area contributed by atoms with Gasteiger partial charge < -0.3 is 15.3 Å². The third-order valence-electron chi connectivity index (χ3n) is 5.99. The normalized spacial score (nSPS) is 26.2. The van der Waals surface area contributed by atoms with E-state index in [0.717, 1.165) is 74.5 Å². The maximum Gasteiger partial charge on any atom is 0.303 e. The predicted molar refractivity (Wildman–Crippen MR) is 165 cm³/mol. The Morgan fingerprint density at radius 1 is 0.684 bits per heavy atom. The van der Waals surface area contributed by atoms with Gasteiger partial charge >= 0.3 is 17.9 Å². The molecule has 0 aromatic carbocycles. The van der Waals surface area contributed by atoms with Gasteiger partial charge in [-0.05, 0) is 57.8 Å². The highest BCUT2D eigenvalue weighted by molar-refractivity contribution is 8.77. The van der Waals surface area contributed by atoms with Gasteiger partial charge in [-0.1, -0.05) is 62.4 Å². The Hall–Kier alpha value is 0.110. The summed E-state index contributed by atoms with van der Waals surface area (Å²) in [4.78, 5) is 30.6. The molecule has 3 aliphatic rings. The molecular formula is C24H42O8S6. The van der Waals surface area contributed by atoms with Crippen LogP contribution in [0, 0.1) is 0 Å². The largest absolute Gasteiger partial charge is 0.481 e. The van der Waals surface area contributed by atoms with Crippen LogP contribution in [-0.4, -0.2) is 74.7 Å². The molecule has 0 amide bonds. The van der Waals surface area contributed by atoms with Crippen molar-refractivity contribution in [2.24, 2.45) is 0 Å². The predicted octanol–water partition coefficient (Wildman–Crippen LogP) is 6.39. The fourth-order valence-electron chi connectivity index (χ4n) is 3.87. The topological polar surface area (TPSA) is 146 Å². The van der Waals surface area contributed by atoms with Crippen LogP contribution in [0.4, 0.5) is 0 Å². The Morgan fingerprint density at radius 3 is 1.66 bits per heavy atom. The summed E-state index contributed by atoms with van der Waals surface area (Å²) in [6, 6.07) is 0. The SMILES string of the molecule is O=C(O)CCCCC1CCS(=O)S1.O=C(O)CCCCC1CCSS1.O=C(O)CCCCC1CCSS1=O. The average molecular weight is 651 g/mol. The zero-order chi connectivity index (χ0) is 28.2. The van der Waals surface area contributed by atoms with Crippen LogP contribution in [-0.2, 0) is 34.0 Å². The summed E-state index contributed by atoms with van der Waals surface area (Å²) in [7, 11) is 5.62. The van der Waals surface area contributed by atoms with Gasteiger partial charge in [-0.15, -0.1) is 0 Å². The molecule has 0 aromatic rings. The fraction of sp³-hybridized carbons (Fsp3) is 0.875. The molecule has 3 rings (SSSR count). The van der Waals surface area contributed by atoms with E-state index in [0.29, 0.717) is 23.3 Å². The number of hydrogen-bond donors (Lipinski definition) is 3. The van der Waals surface area contributed by atoms with E-state index in [1.165, 1.54) is 29.4 Å². The summed E-state index contributed by atoms with van der Waals surface area (Å²) in [6.45, 7) is 0. The number of carboxylic acids is 3. The maximum atomic E-state index is 11.3. The van der Waals surface area contributed by atoms with E-state index in [2.05, 4.69) is 0 Å². The van der Waals surface area contributed by atoms with Crippen LogP contribution in [0.3, 0.4) is 0 Å². The van der Waals surface area contributed by atoms with Crippen molar-refractivity contribution in [3.8, 4) is 0 Å². The van der Waals surface area contributed by atoms with Crippen LogP contribution in [0.15, 0.2) is 0 Å². The highest BCUT2D eigenvalue weighted by Gasteiger charge is 2.23. The van der Waals surface area contributed by atoms with Crippen LogP contribution in [0.2, 0.25) is 0 Å². The number of unbranched alkanes of at least 4 members (excludes halogenated alkanes) is 3. The molecule has 0 spiro atoms. The summed E-state index contributed by atoms with van der Waals surface area (Å²) in [6.07, 6.45) is 12.6. The van der Waals surface area contributed by atoms with Crippen LogP contribution in [0.5, 0.6) is 0 Å². The lowest BCUT2D eigenvalue weighted by atomic mass is 10.1. The second kappa shape index (κ2) is 22.8. The Balaban J connectivity index is 0.000000285. The van der Waals surface area contributed by atoms with Gasteiger partial charge in [0.2, 0.25) is 0 Å². The number of hydrogen-bond acceptors (Lipinski definition) is 9. The number of carbonyl (C=O) groups is 3. The molecule has 0 aliphatic carbocycles. The average Bonchev–Trinajstić information content (AvgIpc) is 3.61. The molecule has 3 fully saturated rings. The fourth-order valence-corrected chi connectivity index (χ4v) is 14.0. The van der Waals surface area contributed by atoms with Crippen molar-refractivity contribution >= 4 is 80.7 Å². The molecule has 3 aliphatic heterocycles. The molecule has 0 bridgehead atoms. The highest BCUT2D eigenvalue weighted by atomic mass is 33.1. The lowest BCUT2D eigenvalue weighted by Gasteiger charge is -2.05. The standard InChI is InChI=1S/2C8H14O3S2.C8H14O2S2/c9-8(10)4-2-1-3-7-5-6-13(11)12-7;9-8(10)4-2-1-3-7-5-6-12-13(7)11;9-8(10)4-2-1-3-7-5-6-11-12-7/h2*7H,1-6H2,(H,9,10);7H,1-6H2,(H,9,10). The van der Waals surface area contributed by atoms with E-state index < -0.39 is 37.6 Å².